The summed E-state index contributed by atoms with van der Waals surface area (Å²) in [6.45, 7) is 3.31. The molecular weight excluding hydrogens is 358 g/mol. The highest BCUT2D eigenvalue weighted by Gasteiger charge is 2.36. The normalized spacial score (nSPS) is 15.6. The first-order valence-electron chi connectivity index (χ1n) is 9.36. The average molecular weight is 383 g/mol. The lowest BCUT2D eigenvalue weighted by Gasteiger charge is -2.36. The molecule has 6 nitrogen and oxygen atoms in total. The second-order valence-electron chi connectivity index (χ2n) is 7.22. The van der Waals surface area contributed by atoms with Gasteiger partial charge in [0.15, 0.2) is 0 Å². The third-order valence-corrected chi connectivity index (χ3v) is 4.90. The Balaban J connectivity index is 1.68. The van der Waals surface area contributed by atoms with Gasteiger partial charge in [-0.1, -0.05) is 35.9 Å². The zero-order valence-corrected chi connectivity index (χ0v) is 15.9. The van der Waals surface area contributed by atoms with Crippen LogP contribution in [0.1, 0.15) is 40.7 Å². The summed E-state index contributed by atoms with van der Waals surface area (Å²) in [5.74, 6) is -0.644. The van der Waals surface area contributed by atoms with Crippen LogP contribution in [0.4, 0.5) is 0 Å². The number of ether oxygens (including phenoxy) is 2. The third kappa shape index (κ3) is 5.33. The first-order valence-corrected chi connectivity index (χ1v) is 9.36. The van der Waals surface area contributed by atoms with Crippen LogP contribution in [0.15, 0.2) is 48.5 Å². The summed E-state index contributed by atoms with van der Waals surface area (Å²) in [5.41, 5.74) is 1.88. The van der Waals surface area contributed by atoms with Crippen molar-refractivity contribution in [3.63, 3.8) is 0 Å². The van der Waals surface area contributed by atoms with Crippen molar-refractivity contribution in [1.29, 1.82) is 0 Å². The van der Waals surface area contributed by atoms with E-state index >= 15 is 0 Å². The lowest BCUT2D eigenvalue weighted by Crippen LogP contribution is -2.53. The highest BCUT2D eigenvalue weighted by molar-refractivity contribution is 5.95. The van der Waals surface area contributed by atoms with Crippen LogP contribution in [0, 0.1) is 6.92 Å². The minimum atomic E-state index is -0.933. The number of hydrogen-bond donors (Lipinski definition) is 2. The molecule has 1 aliphatic heterocycles. The first kappa shape index (κ1) is 19.9. The maximum Gasteiger partial charge on any atom is 0.305 e. The fourth-order valence-electron chi connectivity index (χ4n) is 3.41. The van der Waals surface area contributed by atoms with Crippen molar-refractivity contribution in [3.8, 4) is 5.75 Å². The van der Waals surface area contributed by atoms with E-state index in [9.17, 15) is 14.7 Å². The number of carboxylic acid groups (broad SMARTS) is 1. The summed E-state index contributed by atoms with van der Waals surface area (Å²) in [5, 5.41) is 12.2. The quantitative estimate of drug-likeness (QED) is 0.766. The molecule has 0 aromatic heterocycles. The number of hydrogen-bond acceptors (Lipinski definition) is 4. The topological polar surface area (TPSA) is 84.9 Å². The Kier molecular flexibility index (Phi) is 6.31. The molecule has 2 aromatic carbocycles. The van der Waals surface area contributed by atoms with Gasteiger partial charge in [-0.05, 0) is 43.5 Å². The Morgan fingerprint density at radius 3 is 2.61 bits per heavy atom. The molecule has 1 amide bonds. The van der Waals surface area contributed by atoms with Gasteiger partial charge in [-0.15, -0.1) is 0 Å². The van der Waals surface area contributed by atoms with E-state index in [4.69, 9.17) is 9.47 Å². The zero-order valence-electron chi connectivity index (χ0n) is 15.9. The van der Waals surface area contributed by atoms with E-state index in [1.807, 2.05) is 25.1 Å². The van der Waals surface area contributed by atoms with Crippen LogP contribution < -0.4 is 10.1 Å². The number of carbonyl (C=O) groups excluding carboxylic acids is 1. The Labute approximate surface area is 164 Å². The predicted molar refractivity (Wildman–Crippen MR) is 104 cm³/mol. The minimum Gasteiger partial charge on any atom is -0.489 e. The van der Waals surface area contributed by atoms with E-state index in [0.29, 0.717) is 44.0 Å². The SMILES string of the molecule is Cc1cccc(COc2cccc(C(=O)NC3(CC(=O)O)CCOCC3)c2)c1. The van der Waals surface area contributed by atoms with Crippen molar-refractivity contribution in [2.75, 3.05) is 13.2 Å². The molecule has 3 rings (SSSR count). The molecule has 0 bridgehead atoms. The lowest BCUT2D eigenvalue weighted by atomic mass is 9.86. The maximum absolute atomic E-state index is 12.8. The molecule has 148 valence electrons. The number of rotatable bonds is 7. The number of carbonyl (C=O) groups is 2. The fourth-order valence-corrected chi connectivity index (χ4v) is 3.41. The number of aliphatic carboxylic acids is 1. The van der Waals surface area contributed by atoms with Gasteiger partial charge in [0.25, 0.3) is 5.91 Å². The Hall–Kier alpha value is -2.86. The Bertz CT molecular complexity index is 842. The van der Waals surface area contributed by atoms with E-state index < -0.39 is 11.5 Å². The molecule has 0 radical (unpaired) electrons. The second kappa shape index (κ2) is 8.89. The average Bonchev–Trinajstić information content (AvgIpc) is 2.67. The van der Waals surface area contributed by atoms with E-state index in [0.717, 1.165) is 11.1 Å². The van der Waals surface area contributed by atoms with Crippen molar-refractivity contribution in [1.82, 2.24) is 5.32 Å². The molecule has 1 saturated heterocycles. The van der Waals surface area contributed by atoms with Gasteiger partial charge in [-0.25, -0.2) is 0 Å². The Morgan fingerprint density at radius 1 is 1.14 bits per heavy atom. The van der Waals surface area contributed by atoms with Crippen LogP contribution >= 0.6 is 0 Å². The van der Waals surface area contributed by atoms with E-state index in [1.165, 1.54) is 0 Å². The van der Waals surface area contributed by atoms with Crippen molar-refractivity contribution in [2.45, 2.75) is 38.3 Å². The van der Waals surface area contributed by atoms with Gasteiger partial charge in [-0.2, -0.15) is 0 Å². The van der Waals surface area contributed by atoms with Gasteiger partial charge in [0.05, 0.1) is 12.0 Å². The second-order valence-corrected chi connectivity index (χ2v) is 7.22. The number of amides is 1. The third-order valence-electron chi connectivity index (χ3n) is 4.90. The van der Waals surface area contributed by atoms with Crippen LogP contribution in [0.3, 0.4) is 0 Å². The van der Waals surface area contributed by atoms with E-state index in [1.54, 1.807) is 24.3 Å². The lowest BCUT2D eigenvalue weighted by molar-refractivity contribution is -0.139. The summed E-state index contributed by atoms with van der Waals surface area (Å²) >= 11 is 0. The smallest absolute Gasteiger partial charge is 0.305 e. The van der Waals surface area contributed by atoms with Crippen molar-refractivity contribution in [3.05, 3.63) is 65.2 Å². The standard InChI is InChI=1S/C22H25NO5/c1-16-4-2-5-17(12-16)15-28-19-7-3-6-18(13-19)21(26)23-22(14-20(24)25)8-10-27-11-9-22/h2-7,12-13H,8-11,14-15H2,1H3,(H,23,26)(H,24,25). The summed E-state index contributed by atoms with van der Waals surface area (Å²) in [6.07, 6.45) is 0.842. The van der Waals surface area contributed by atoms with Gasteiger partial charge >= 0.3 is 5.97 Å². The first-order chi connectivity index (χ1) is 13.5. The zero-order chi connectivity index (χ0) is 20.0. The van der Waals surface area contributed by atoms with Crippen LogP contribution in [-0.2, 0) is 16.1 Å². The number of benzene rings is 2. The van der Waals surface area contributed by atoms with E-state index in [-0.39, 0.29) is 12.3 Å². The van der Waals surface area contributed by atoms with Crippen molar-refractivity contribution >= 4 is 11.9 Å². The molecule has 28 heavy (non-hydrogen) atoms. The van der Waals surface area contributed by atoms with Crippen molar-refractivity contribution in [2.24, 2.45) is 0 Å². The van der Waals surface area contributed by atoms with Crippen LogP contribution in [-0.4, -0.2) is 35.7 Å². The number of nitrogens with one attached hydrogen (secondary N) is 1. The summed E-state index contributed by atoms with van der Waals surface area (Å²) in [7, 11) is 0. The molecule has 2 aromatic rings. The minimum absolute atomic E-state index is 0.119. The molecule has 0 unspecified atom stereocenters. The van der Waals surface area contributed by atoms with Crippen LogP contribution in [0.2, 0.25) is 0 Å². The van der Waals surface area contributed by atoms with Crippen LogP contribution in [0.5, 0.6) is 5.75 Å². The largest absolute Gasteiger partial charge is 0.489 e. The molecule has 0 aliphatic carbocycles. The molecule has 0 spiro atoms. The molecule has 1 aliphatic rings. The molecule has 0 saturated carbocycles. The van der Waals surface area contributed by atoms with Gasteiger partial charge in [0, 0.05) is 18.8 Å². The molecule has 1 fully saturated rings. The highest BCUT2D eigenvalue weighted by Crippen LogP contribution is 2.26. The number of carboxylic acids is 1. The Morgan fingerprint density at radius 2 is 1.89 bits per heavy atom. The highest BCUT2D eigenvalue weighted by atomic mass is 16.5. The predicted octanol–water partition coefficient (Wildman–Crippen LogP) is 3.33. The van der Waals surface area contributed by atoms with Crippen molar-refractivity contribution < 1.29 is 24.2 Å². The summed E-state index contributed by atoms with van der Waals surface area (Å²) in [4.78, 5) is 24.0. The molecular formula is C22H25NO5. The summed E-state index contributed by atoms with van der Waals surface area (Å²) < 4.78 is 11.2. The van der Waals surface area contributed by atoms with Gasteiger partial charge in [-0.3, -0.25) is 9.59 Å². The monoisotopic (exact) mass is 383 g/mol. The number of aryl methyl sites for hydroxylation is 1. The molecule has 2 N–H and O–H groups in total. The molecule has 0 atom stereocenters. The van der Waals surface area contributed by atoms with E-state index in [2.05, 4.69) is 11.4 Å². The fraction of sp³-hybridized carbons (Fsp3) is 0.364. The maximum atomic E-state index is 12.8. The molecule has 6 heteroatoms. The van der Waals surface area contributed by atoms with Gasteiger partial charge in [0.2, 0.25) is 0 Å². The summed E-state index contributed by atoms with van der Waals surface area (Å²) in [6, 6.07) is 15.0. The van der Waals surface area contributed by atoms with Crippen LogP contribution in [0.25, 0.3) is 0 Å². The van der Waals surface area contributed by atoms with Gasteiger partial charge < -0.3 is 19.9 Å². The van der Waals surface area contributed by atoms with Gasteiger partial charge in [0.1, 0.15) is 12.4 Å². The molecule has 1 heterocycles.